The summed E-state index contributed by atoms with van der Waals surface area (Å²) >= 11 is 0. The number of rotatable bonds is 7. The standard InChI is InChI=1S/C23H21N9O2/c1-14-3-2-4-17(28-14)21-26-9-6-18(30-21)29-19-7-10-27-23(31-19)32-20-11-15(5-8-25-20)22(33)34-16-12-24-13-16/h2-11,16,24H,12-13H2,1H3,(H2,25,26,27,29,30,31,32). The van der Waals surface area contributed by atoms with Crippen molar-refractivity contribution in [2.45, 2.75) is 13.0 Å². The van der Waals surface area contributed by atoms with E-state index in [2.05, 4.69) is 45.9 Å². The number of carbonyl (C=O) groups is 1. The van der Waals surface area contributed by atoms with E-state index < -0.39 is 5.97 Å². The number of hydrogen-bond acceptors (Lipinski definition) is 11. The summed E-state index contributed by atoms with van der Waals surface area (Å²) in [6.07, 6.45) is 4.70. The summed E-state index contributed by atoms with van der Waals surface area (Å²) in [7, 11) is 0. The van der Waals surface area contributed by atoms with E-state index in [1.54, 1.807) is 36.7 Å². The molecule has 0 radical (unpaired) electrons. The lowest BCUT2D eigenvalue weighted by Gasteiger charge is -2.26. The largest absolute Gasteiger partial charge is 0.456 e. The first kappa shape index (κ1) is 21.3. The van der Waals surface area contributed by atoms with E-state index in [1.165, 1.54) is 6.20 Å². The van der Waals surface area contributed by atoms with Crippen LogP contribution in [0.5, 0.6) is 0 Å². The van der Waals surface area contributed by atoms with Crippen LogP contribution in [0.2, 0.25) is 0 Å². The second-order valence-corrected chi connectivity index (χ2v) is 7.56. The fourth-order valence-electron chi connectivity index (χ4n) is 3.14. The molecule has 11 nitrogen and oxygen atoms in total. The van der Waals surface area contributed by atoms with Crippen LogP contribution in [-0.2, 0) is 4.74 Å². The molecule has 1 fully saturated rings. The fraction of sp³-hybridized carbons (Fsp3) is 0.174. The first-order valence-electron chi connectivity index (χ1n) is 10.6. The fourth-order valence-corrected chi connectivity index (χ4v) is 3.14. The van der Waals surface area contributed by atoms with Crippen LogP contribution in [0.3, 0.4) is 0 Å². The highest BCUT2D eigenvalue weighted by Gasteiger charge is 2.22. The van der Waals surface area contributed by atoms with Crippen LogP contribution >= 0.6 is 0 Å². The van der Waals surface area contributed by atoms with Crippen molar-refractivity contribution in [2.75, 3.05) is 23.7 Å². The van der Waals surface area contributed by atoms with Gasteiger partial charge in [-0.15, -0.1) is 0 Å². The molecule has 34 heavy (non-hydrogen) atoms. The number of hydrogen-bond donors (Lipinski definition) is 3. The second-order valence-electron chi connectivity index (χ2n) is 7.56. The third kappa shape index (κ3) is 5.10. The molecule has 5 rings (SSSR count). The molecule has 4 aromatic rings. The van der Waals surface area contributed by atoms with Crippen LogP contribution in [0.25, 0.3) is 11.5 Å². The van der Waals surface area contributed by atoms with Crippen molar-refractivity contribution in [2.24, 2.45) is 0 Å². The van der Waals surface area contributed by atoms with Gasteiger partial charge in [0.15, 0.2) is 5.82 Å². The van der Waals surface area contributed by atoms with Gasteiger partial charge in [-0.3, -0.25) is 0 Å². The molecule has 11 heteroatoms. The Bertz CT molecular complexity index is 1330. The molecule has 0 unspecified atom stereocenters. The summed E-state index contributed by atoms with van der Waals surface area (Å²) < 4.78 is 5.40. The molecule has 3 N–H and O–H groups in total. The molecule has 0 aromatic carbocycles. The Morgan fingerprint density at radius 2 is 1.71 bits per heavy atom. The van der Waals surface area contributed by atoms with Crippen molar-refractivity contribution >= 4 is 29.4 Å². The third-order valence-corrected chi connectivity index (χ3v) is 4.94. The van der Waals surface area contributed by atoms with Crippen LogP contribution in [0.1, 0.15) is 16.1 Å². The number of nitrogens with zero attached hydrogens (tertiary/aromatic N) is 6. The Morgan fingerprint density at radius 3 is 2.50 bits per heavy atom. The molecule has 0 saturated carbocycles. The van der Waals surface area contributed by atoms with Gasteiger partial charge in [0.2, 0.25) is 5.95 Å². The van der Waals surface area contributed by atoms with Crippen LogP contribution < -0.4 is 16.0 Å². The number of aromatic nitrogens is 6. The molecule has 0 aliphatic carbocycles. The van der Waals surface area contributed by atoms with Crippen LogP contribution in [0.15, 0.2) is 61.1 Å². The minimum Gasteiger partial charge on any atom is -0.456 e. The summed E-state index contributed by atoms with van der Waals surface area (Å²) in [5.41, 5.74) is 1.97. The first-order chi connectivity index (χ1) is 16.6. The topological polar surface area (TPSA) is 140 Å². The van der Waals surface area contributed by atoms with E-state index in [1.807, 2.05) is 25.1 Å². The predicted octanol–water partition coefficient (Wildman–Crippen LogP) is 2.65. The minimum atomic E-state index is -0.393. The molecule has 0 amide bonds. The lowest BCUT2D eigenvalue weighted by atomic mass is 10.2. The Hall–Kier alpha value is -4.51. The summed E-state index contributed by atoms with van der Waals surface area (Å²) in [6.45, 7) is 3.26. The van der Waals surface area contributed by atoms with Crippen LogP contribution in [0, 0.1) is 6.92 Å². The molecule has 1 saturated heterocycles. The van der Waals surface area contributed by atoms with Crippen molar-refractivity contribution in [1.29, 1.82) is 0 Å². The van der Waals surface area contributed by atoms with E-state index in [-0.39, 0.29) is 6.10 Å². The van der Waals surface area contributed by atoms with E-state index >= 15 is 0 Å². The van der Waals surface area contributed by atoms with Gasteiger partial charge in [-0.05, 0) is 43.3 Å². The van der Waals surface area contributed by atoms with Crippen molar-refractivity contribution in [3.05, 3.63) is 72.3 Å². The van der Waals surface area contributed by atoms with Crippen molar-refractivity contribution < 1.29 is 9.53 Å². The van der Waals surface area contributed by atoms with Gasteiger partial charge >= 0.3 is 5.97 Å². The number of nitrogens with one attached hydrogen (secondary N) is 3. The lowest BCUT2D eigenvalue weighted by molar-refractivity contribution is 0.0169. The van der Waals surface area contributed by atoms with E-state index in [0.29, 0.717) is 53.6 Å². The third-order valence-electron chi connectivity index (χ3n) is 4.94. The maximum absolute atomic E-state index is 12.3. The molecule has 0 spiro atoms. The van der Waals surface area contributed by atoms with Crippen LogP contribution in [-0.4, -0.2) is 55.1 Å². The highest BCUT2D eigenvalue weighted by Crippen LogP contribution is 2.19. The number of ether oxygens (including phenoxy) is 1. The molecule has 5 heterocycles. The van der Waals surface area contributed by atoms with Crippen molar-refractivity contribution in [3.8, 4) is 11.5 Å². The maximum Gasteiger partial charge on any atom is 0.338 e. The van der Waals surface area contributed by atoms with E-state index in [4.69, 9.17) is 4.74 Å². The predicted molar refractivity (Wildman–Crippen MR) is 125 cm³/mol. The van der Waals surface area contributed by atoms with E-state index in [0.717, 1.165) is 5.69 Å². The van der Waals surface area contributed by atoms with Crippen molar-refractivity contribution in [1.82, 2.24) is 35.2 Å². The van der Waals surface area contributed by atoms with Gasteiger partial charge in [-0.25, -0.2) is 29.7 Å². The average molecular weight is 455 g/mol. The molecular weight excluding hydrogens is 434 g/mol. The smallest absolute Gasteiger partial charge is 0.338 e. The summed E-state index contributed by atoms with van der Waals surface area (Å²) in [4.78, 5) is 38.5. The van der Waals surface area contributed by atoms with Gasteiger partial charge in [0.25, 0.3) is 0 Å². The zero-order chi connectivity index (χ0) is 23.3. The zero-order valence-corrected chi connectivity index (χ0v) is 18.3. The normalized spacial score (nSPS) is 13.1. The number of aryl methyl sites for hydroxylation is 1. The Labute approximate surface area is 195 Å². The molecule has 0 bridgehead atoms. The van der Waals surface area contributed by atoms with Gasteiger partial charge in [0, 0.05) is 37.4 Å². The Balaban J connectivity index is 1.29. The SMILES string of the molecule is Cc1cccc(-c2nccc(Nc3ccnc(Nc4cc(C(=O)OC5CNC5)ccn4)n3)n2)n1. The Kier molecular flexibility index (Phi) is 5.99. The average Bonchev–Trinajstić information content (AvgIpc) is 2.82. The van der Waals surface area contributed by atoms with Gasteiger partial charge in [-0.1, -0.05) is 6.07 Å². The maximum atomic E-state index is 12.3. The monoisotopic (exact) mass is 455 g/mol. The molecule has 170 valence electrons. The first-order valence-corrected chi connectivity index (χ1v) is 10.6. The van der Waals surface area contributed by atoms with Gasteiger partial charge in [0.05, 0.1) is 5.56 Å². The molecule has 0 atom stereocenters. The number of pyridine rings is 2. The quantitative estimate of drug-likeness (QED) is 0.354. The molecule has 1 aliphatic heterocycles. The highest BCUT2D eigenvalue weighted by atomic mass is 16.5. The summed E-state index contributed by atoms with van der Waals surface area (Å²) in [5, 5.41) is 9.23. The second kappa shape index (κ2) is 9.55. The number of carbonyl (C=O) groups excluding carboxylic acids is 1. The van der Waals surface area contributed by atoms with Gasteiger partial charge in [0.1, 0.15) is 29.3 Å². The lowest BCUT2D eigenvalue weighted by Crippen LogP contribution is -2.49. The zero-order valence-electron chi connectivity index (χ0n) is 18.3. The van der Waals surface area contributed by atoms with Gasteiger partial charge < -0.3 is 20.7 Å². The highest BCUT2D eigenvalue weighted by molar-refractivity contribution is 5.90. The number of anilines is 4. The van der Waals surface area contributed by atoms with Gasteiger partial charge in [-0.2, -0.15) is 4.98 Å². The number of esters is 1. The molecular formula is C23H21N9O2. The molecule has 4 aromatic heterocycles. The Morgan fingerprint density at radius 1 is 0.912 bits per heavy atom. The minimum absolute atomic E-state index is 0.0906. The molecule has 1 aliphatic rings. The summed E-state index contributed by atoms with van der Waals surface area (Å²) in [6, 6.07) is 12.3. The summed E-state index contributed by atoms with van der Waals surface area (Å²) in [5.74, 6) is 1.93. The van der Waals surface area contributed by atoms with Crippen molar-refractivity contribution in [3.63, 3.8) is 0 Å². The van der Waals surface area contributed by atoms with E-state index in [9.17, 15) is 4.79 Å². The van der Waals surface area contributed by atoms with Crippen LogP contribution in [0.4, 0.5) is 23.4 Å².